The molecular formula is C11H12F3N. The first-order chi connectivity index (χ1) is 6.86. The molecule has 82 valence electrons. The molecule has 0 spiro atoms. The highest BCUT2D eigenvalue weighted by atomic mass is 19.4. The van der Waals surface area contributed by atoms with Crippen molar-refractivity contribution in [3.63, 3.8) is 0 Å². The Morgan fingerprint density at radius 1 is 1.27 bits per heavy atom. The van der Waals surface area contributed by atoms with Crippen LogP contribution >= 0.6 is 0 Å². The molecule has 1 aromatic carbocycles. The lowest BCUT2D eigenvalue weighted by Crippen LogP contribution is -2.07. The summed E-state index contributed by atoms with van der Waals surface area (Å²) in [6.45, 7) is 3.43. The number of alkyl halides is 3. The van der Waals surface area contributed by atoms with Crippen LogP contribution in [-0.4, -0.2) is 12.8 Å². The SMILES string of the molecule is CN=C(C)c1ccc(C(F)(F)F)cc1C. The molecule has 0 aliphatic carbocycles. The molecule has 0 heterocycles. The Morgan fingerprint density at radius 2 is 1.87 bits per heavy atom. The predicted octanol–water partition coefficient (Wildman–Crippen LogP) is 3.45. The van der Waals surface area contributed by atoms with Crippen LogP contribution in [0.2, 0.25) is 0 Å². The van der Waals surface area contributed by atoms with E-state index in [0.29, 0.717) is 5.56 Å². The largest absolute Gasteiger partial charge is 0.416 e. The minimum absolute atomic E-state index is 0.591. The molecule has 1 aromatic rings. The number of benzene rings is 1. The Morgan fingerprint density at radius 3 is 2.27 bits per heavy atom. The van der Waals surface area contributed by atoms with Crippen molar-refractivity contribution in [3.05, 3.63) is 34.9 Å². The van der Waals surface area contributed by atoms with E-state index in [4.69, 9.17) is 0 Å². The van der Waals surface area contributed by atoms with Crippen LogP contribution in [0.3, 0.4) is 0 Å². The van der Waals surface area contributed by atoms with Crippen LogP contribution in [0.15, 0.2) is 23.2 Å². The summed E-state index contributed by atoms with van der Waals surface area (Å²) >= 11 is 0. The van der Waals surface area contributed by atoms with Gasteiger partial charge in [0.05, 0.1) is 5.56 Å². The predicted molar refractivity (Wildman–Crippen MR) is 54.3 cm³/mol. The molecule has 0 saturated heterocycles. The highest BCUT2D eigenvalue weighted by Gasteiger charge is 2.30. The molecule has 0 saturated carbocycles. The minimum atomic E-state index is -4.28. The van der Waals surface area contributed by atoms with Crippen molar-refractivity contribution in [1.29, 1.82) is 0 Å². The Hall–Kier alpha value is -1.32. The van der Waals surface area contributed by atoms with Gasteiger partial charge in [-0.25, -0.2) is 0 Å². The quantitative estimate of drug-likeness (QED) is 0.636. The normalized spacial score (nSPS) is 13.1. The van der Waals surface area contributed by atoms with Gasteiger partial charge < -0.3 is 0 Å². The van der Waals surface area contributed by atoms with Gasteiger partial charge in [0.2, 0.25) is 0 Å². The molecule has 0 amide bonds. The molecule has 1 nitrogen and oxygen atoms in total. The summed E-state index contributed by atoms with van der Waals surface area (Å²) in [6, 6.07) is 3.68. The lowest BCUT2D eigenvalue weighted by molar-refractivity contribution is -0.137. The van der Waals surface area contributed by atoms with Crippen LogP contribution in [0, 0.1) is 6.92 Å². The summed E-state index contributed by atoms with van der Waals surface area (Å²) in [5.74, 6) is 0. The van der Waals surface area contributed by atoms with Crippen LogP contribution < -0.4 is 0 Å². The third kappa shape index (κ3) is 2.58. The lowest BCUT2D eigenvalue weighted by atomic mass is 10.0. The second-order valence-corrected chi connectivity index (χ2v) is 3.34. The molecular weight excluding hydrogens is 203 g/mol. The van der Waals surface area contributed by atoms with Crippen LogP contribution in [0.25, 0.3) is 0 Å². The van der Waals surface area contributed by atoms with Gasteiger partial charge in [-0.05, 0) is 37.1 Å². The van der Waals surface area contributed by atoms with Gasteiger partial charge >= 0.3 is 6.18 Å². The molecule has 0 N–H and O–H groups in total. The van der Waals surface area contributed by atoms with Gasteiger partial charge in [-0.2, -0.15) is 13.2 Å². The molecule has 4 heteroatoms. The second kappa shape index (κ2) is 4.04. The van der Waals surface area contributed by atoms with Crippen molar-refractivity contribution in [2.24, 2.45) is 4.99 Å². The van der Waals surface area contributed by atoms with Crippen molar-refractivity contribution in [1.82, 2.24) is 0 Å². The van der Waals surface area contributed by atoms with E-state index in [1.165, 1.54) is 6.07 Å². The van der Waals surface area contributed by atoms with Crippen molar-refractivity contribution in [2.45, 2.75) is 20.0 Å². The number of hydrogen-bond donors (Lipinski definition) is 0. The molecule has 0 radical (unpaired) electrons. The minimum Gasteiger partial charge on any atom is -0.293 e. The van der Waals surface area contributed by atoms with Crippen molar-refractivity contribution in [3.8, 4) is 0 Å². The molecule has 15 heavy (non-hydrogen) atoms. The smallest absolute Gasteiger partial charge is 0.293 e. The summed E-state index contributed by atoms with van der Waals surface area (Å²) in [5.41, 5.74) is 1.47. The molecule has 0 unspecified atom stereocenters. The van der Waals surface area contributed by atoms with Gasteiger partial charge in [0, 0.05) is 12.8 Å². The molecule has 0 aliphatic rings. The van der Waals surface area contributed by atoms with Gasteiger partial charge in [0.1, 0.15) is 0 Å². The molecule has 0 fully saturated rings. The van der Waals surface area contributed by atoms with Crippen molar-refractivity contribution >= 4 is 5.71 Å². The standard InChI is InChI=1S/C11H12F3N/c1-7-6-9(11(12,13)14)4-5-10(7)8(2)15-3/h4-6H,1-3H3. The van der Waals surface area contributed by atoms with E-state index in [9.17, 15) is 13.2 Å². The Labute approximate surface area is 86.6 Å². The zero-order valence-electron chi connectivity index (χ0n) is 8.81. The first-order valence-corrected chi connectivity index (χ1v) is 4.48. The third-order valence-electron chi connectivity index (χ3n) is 2.28. The fourth-order valence-electron chi connectivity index (χ4n) is 1.37. The number of halogens is 3. The topological polar surface area (TPSA) is 12.4 Å². The monoisotopic (exact) mass is 215 g/mol. The van der Waals surface area contributed by atoms with E-state index in [1.807, 2.05) is 0 Å². The second-order valence-electron chi connectivity index (χ2n) is 3.34. The summed E-state index contributed by atoms with van der Waals surface area (Å²) in [7, 11) is 1.62. The molecule has 0 bridgehead atoms. The summed E-state index contributed by atoms with van der Waals surface area (Å²) in [5, 5.41) is 0. The van der Waals surface area contributed by atoms with E-state index in [2.05, 4.69) is 4.99 Å². The Kier molecular flexibility index (Phi) is 3.17. The molecule has 1 rings (SSSR count). The van der Waals surface area contributed by atoms with E-state index < -0.39 is 11.7 Å². The number of aryl methyl sites for hydroxylation is 1. The number of rotatable bonds is 1. The summed E-state index contributed by atoms with van der Waals surface area (Å²) in [6.07, 6.45) is -4.28. The zero-order chi connectivity index (χ0) is 11.6. The number of nitrogens with zero attached hydrogens (tertiary/aromatic N) is 1. The molecule has 0 aromatic heterocycles. The maximum absolute atomic E-state index is 12.4. The van der Waals surface area contributed by atoms with Crippen molar-refractivity contribution in [2.75, 3.05) is 7.05 Å². The fourth-order valence-corrected chi connectivity index (χ4v) is 1.37. The first kappa shape index (κ1) is 11.8. The van der Waals surface area contributed by atoms with Gasteiger partial charge in [-0.3, -0.25) is 4.99 Å². The van der Waals surface area contributed by atoms with Gasteiger partial charge in [0.25, 0.3) is 0 Å². The Bertz CT molecular complexity index is 391. The van der Waals surface area contributed by atoms with Crippen LogP contribution in [0.1, 0.15) is 23.6 Å². The Balaban J connectivity index is 3.21. The zero-order valence-corrected chi connectivity index (χ0v) is 8.81. The van der Waals surface area contributed by atoms with Gasteiger partial charge in [-0.1, -0.05) is 6.07 Å². The van der Waals surface area contributed by atoms with E-state index in [-0.39, 0.29) is 0 Å². The number of hydrogen-bond acceptors (Lipinski definition) is 1. The van der Waals surface area contributed by atoms with Gasteiger partial charge in [-0.15, -0.1) is 0 Å². The van der Waals surface area contributed by atoms with E-state index >= 15 is 0 Å². The maximum atomic E-state index is 12.4. The highest BCUT2D eigenvalue weighted by Crippen LogP contribution is 2.30. The maximum Gasteiger partial charge on any atom is 0.416 e. The van der Waals surface area contributed by atoms with E-state index in [1.54, 1.807) is 20.9 Å². The van der Waals surface area contributed by atoms with Gasteiger partial charge in [0.15, 0.2) is 0 Å². The average Bonchev–Trinajstić information content (AvgIpc) is 2.15. The van der Waals surface area contributed by atoms with Crippen LogP contribution in [-0.2, 0) is 6.18 Å². The molecule has 0 atom stereocenters. The summed E-state index contributed by atoms with van der Waals surface area (Å²) in [4.78, 5) is 3.95. The highest BCUT2D eigenvalue weighted by molar-refractivity contribution is 5.99. The van der Waals surface area contributed by atoms with Crippen molar-refractivity contribution < 1.29 is 13.2 Å². The third-order valence-corrected chi connectivity index (χ3v) is 2.28. The first-order valence-electron chi connectivity index (χ1n) is 4.48. The average molecular weight is 215 g/mol. The summed E-state index contributed by atoms with van der Waals surface area (Å²) < 4.78 is 37.1. The lowest BCUT2D eigenvalue weighted by Gasteiger charge is -2.10. The van der Waals surface area contributed by atoms with E-state index in [0.717, 1.165) is 23.4 Å². The van der Waals surface area contributed by atoms with Crippen LogP contribution in [0.4, 0.5) is 13.2 Å². The van der Waals surface area contributed by atoms with Crippen LogP contribution in [0.5, 0.6) is 0 Å². The number of aliphatic imine (C=N–C) groups is 1. The molecule has 0 aliphatic heterocycles. The fraction of sp³-hybridized carbons (Fsp3) is 0.364.